The van der Waals surface area contributed by atoms with Gasteiger partial charge in [-0.2, -0.15) is 0 Å². The van der Waals surface area contributed by atoms with Crippen molar-refractivity contribution in [3.63, 3.8) is 0 Å². The lowest BCUT2D eigenvalue weighted by atomic mass is 10.2. The highest BCUT2D eigenvalue weighted by Gasteiger charge is 2.16. The van der Waals surface area contributed by atoms with Crippen LogP contribution in [0.25, 0.3) is 0 Å². The van der Waals surface area contributed by atoms with E-state index in [-0.39, 0.29) is 11.3 Å². The van der Waals surface area contributed by atoms with Crippen molar-refractivity contribution < 1.29 is 14.6 Å². The van der Waals surface area contributed by atoms with Crippen LogP contribution in [0.15, 0.2) is 23.1 Å². The van der Waals surface area contributed by atoms with E-state index in [2.05, 4.69) is 4.74 Å². The summed E-state index contributed by atoms with van der Waals surface area (Å²) in [6, 6.07) is 4.64. The molecule has 0 atom stereocenters. The molecule has 1 aromatic rings. The SMILES string of the molecule is COC(=O)c1c(O)cccc1SCl. The topological polar surface area (TPSA) is 46.5 Å². The third kappa shape index (κ3) is 2.08. The normalized spacial score (nSPS) is 9.69. The Kier molecular flexibility index (Phi) is 3.45. The molecule has 0 aliphatic rings. The van der Waals surface area contributed by atoms with Crippen molar-refractivity contribution in [3.05, 3.63) is 23.8 Å². The van der Waals surface area contributed by atoms with Gasteiger partial charge in [-0.05, 0) is 33.8 Å². The third-order valence-corrected chi connectivity index (χ3v) is 2.48. The third-order valence-electron chi connectivity index (χ3n) is 1.48. The van der Waals surface area contributed by atoms with Crippen LogP contribution in [0.4, 0.5) is 0 Å². The molecule has 0 amide bonds. The second-order valence-corrected chi connectivity index (χ2v) is 3.28. The molecule has 0 saturated carbocycles. The molecule has 0 unspecified atom stereocenters. The van der Waals surface area contributed by atoms with Crippen LogP contribution < -0.4 is 0 Å². The molecule has 13 heavy (non-hydrogen) atoms. The zero-order valence-corrected chi connectivity index (χ0v) is 8.35. The van der Waals surface area contributed by atoms with Crippen molar-refractivity contribution in [2.45, 2.75) is 4.90 Å². The predicted molar refractivity (Wildman–Crippen MR) is 51.2 cm³/mol. The van der Waals surface area contributed by atoms with Gasteiger partial charge in [0.25, 0.3) is 0 Å². The molecule has 0 aromatic heterocycles. The second kappa shape index (κ2) is 4.39. The van der Waals surface area contributed by atoms with Crippen LogP contribution in [0.2, 0.25) is 0 Å². The number of benzene rings is 1. The molecule has 0 aliphatic carbocycles. The summed E-state index contributed by atoms with van der Waals surface area (Å²) in [5.74, 6) is -0.723. The molecule has 1 rings (SSSR count). The highest BCUT2D eigenvalue weighted by Crippen LogP contribution is 2.31. The van der Waals surface area contributed by atoms with E-state index in [1.807, 2.05) is 0 Å². The summed E-state index contributed by atoms with van der Waals surface area (Å²) in [7, 11) is 7.62. The maximum Gasteiger partial charge on any atom is 0.342 e. The fourth-order valence-electron chi connectivity index (χ4n) is 0.891. The van der Waals surface area contributed by atoms with E-state index in [1.165, 1.54) is 13.2 Å². The molecule has 0 aliphatic heterocycles. The Labute approximate surface area is 84.2 Å². The average molecular weight is 219 g/mol. The van der Waals surface area contributed by atoms with Crippen LogP contribution in [0.3, 0.4) is 0 Å². The number of carbonyl (C=O) groups excluding carboxylic acids is 1. The van der Waals surface area contributed by atoms with Crippen LogP contribution in [-0.4, -0.2) is 18.2 Å². The number of aromatic hydroxyl groups is 1. The minimum atomic E-state index is -0.596. The number of halogens is 1. The van der Waals surface area contributed by atoms with E-state index >= 15 is 0 Å². The van der Waals surface area contributed by atoms with Crippen molar-refractivity contribution in [1.29, 1.82) is 0 Å². The summed E-state index contributed by atoms with van der Waals surface area (Å²) in [6.45, 7) is 0. The van der Waals surface area contributed by atoms with E-state index in [1.54, 1.807) is 12.1 Å². The summed E-state index contributed by atoms with van der Waals surface area (Å²) >= 11 is 0. The molecule has 0 fully saturated rings. The zero-order valence-electron chi connectivity index (χ0n) is 6.78. The lowest BCUT2D eigenvalue weighted by Gasteiger charge is -2.05. The molecule has 0 bridgehead atoms. The quantitative estimate of drug-likeness (QED) is 0.775. The molecule has 0 saturated heterocycles. The van der Waals surface area contributed by atoms with E-state index in [0.717, 1.165) is 11.0 Å². The smallest absolute Gasteiger partial charge is 0.342 e. The number of rotatable bonds is 2. The number of methoxy groups -OCH3 is 1. The first kappa shape index (κ1) is 10.2. The first-order valence-corrected chi connectivity index (χ1v) is 5.04. The van der Waals surface area contributed by atoms with Crippen molar-refractivity contribution >= 4 is 27.6 Å². The lowest BCUT2D eigenvalue weighted by molar-refractivity contribution is 0.0593. The molecule has 0 radical (unpaired) electrons. The average Bonchev–Trinajstić information content (AvgIpc) is 2.16. The highest BCUT2D eigenvalue weighted by atomic mass is 35.7. The molecule has 5 heteroatoms. The Morgan fingerprint density at radius 3 is 2.85 bits per heavy atom. The second-order valence-electron chi connectivity index (χ2n) is 2.22. The summed E-state index contributed by atoms with van der Waals surface area (Å²) in [4.78, 5) is 11.6. The van der Waals surface area contributed by atoms with E-state index in [9.17, 15) is 9.90 Å². The molecular weight excluding hydrogens is 212 g/mol. The monoisotopic (exact) mass is 218 g/mol. The summed E-state index contributed by atoms with van der Waals surface area (Å²) in [5.41, 5.74) is 0.102. The number of phenolic OH excluding ortho intramolecular Hbond substituents is 1. The van der Waals surface area contributed by atoms with Gasteiger partial charge >= 0.3 is 5.97 Å². The van der Waals surface area contributed by atoms with Crippen LogP contribution in [-0.2, 0) is 4.74 Å². The van der Waals surface area contributed by atoms with Gasteiger partial charge in [-0.1, -0.05) is 6.07 Å². The molecule has 1 aromatic carbocycles. The molecular formula is C8H7ClO3S. The van der Waals surface area contributed by atoms with Gasteiger partial charge in [0.1, 0.15) is 11.3 Å². The van der Waals surface area contributed by atoms with Gasteiger partial charge in [0, 0.05) is 4.90 Å². The first-order valence-electron chi connectivity index (χ1n) is 3.39. The number of esters is 1. The fourth-order valence-corrected chi connectivity index (χ4v) is 1.67. The Balaban J connectivity index is 3.22. The minimum Gasteiger partial charge on any atom is -0.507 e. The first-order chi connectivity index (χ1) is 6.20. The van der Waals surface area contributed by atoms with Crippen molar-refractivity contribution in [3.8, 4) is 5.75 Å². The largest absolute Gasteiger partial charge is 0.507 e. The number of hydrogen-bond acceptors (Lipinski definition) is 4. The predicted octanol–water partition coefficient (Wildman–Crippen LogP) is 2.42. The van der Waals surface area contributed by atoms with Crippen molar-refractivity contribution in [2.24, 2.45) is 0 Å². The van der Waals surface area contributed by atoms with E-state index in [0.29, 0.717) is 4.90 Å². The molecule has 0 heterocycles. The van der Waals surface area contributed by atoms with E-state index < -0.39 is 5.97 Å². The van der Waals surface area contributed by atoms with Crippen molar-refractivity contribution in [1.82, 2.24) is 0 Å². The number of carbonyl (C=O) groups is 1. The molecule has 70 valence electrons. The van der Waals surface area contributed by atoms with Gasteiger partial charge in [-0.3, -0.25) is 0 Å². The van der Waals surface area contributed by atoms with Gasteiger partial charge in [-0.15, -0.1) is 0 Å². The maximum atomic E-state index is 11.2. The van der Waals surface area contributed by atoms with Crippen LogP contribution in [0, 0.1) is 0 Å². The number of hydrogen-bond donors (Lipinski definition) is 1. The van der Waals surface area contributed by atoms with Crippen LogP contribution >= 0.6 is 21.7 Å². The number of phenols is 1. The summed E-state index contributed by atoms with van der Waals surface area (Å²) in [5, 5.41) is 9.35. The Morgan fingerprint density at radius 1 is 1.62 bits per heavy atom. The molecule has 3 nitrogen and oxygen atoms in total. The Morgan fingerprint density at radius 2 is 2.31 bits per heavy atom. The van der Waals surface area contributed by atoms with Gasteiger partial charge in [0.15, 0.2) is 0 Å². The van der Waals surface area contributed by atoms with Crippen LogP contribution in [0.1, 0.15) is 10.4 Å². The standard InChI is InChI=1S/C8H7ClO3S/c1-12-8(11)7-5(10)3-2-4-6(7)13-9/h2-4,10H,1H3. The molecule has 1 N–H and O–H groups in total. The van der Waals surface area contributed by atoms with Gasteiger partial charge in [0.05, 0.1) is 7.11 Å². The van der Waals surface area contributed by atoms with Crippen molar-refractivity contribution in [2.75, 3.05) is 7.11 Å². The van der Waals surface area contributed by atoms with E-state index in [4.69, 9.17) is 10.7 Å². The van der Waals surface area contributed by atoms with Gasteiger partial charge in [-0.25, -0.2) is 4.79 Å². The maximum absolute atomic E-state index is 11.2. The highest BCUT2D eigenvalue weighted by molar-refractivity contribution is 8.21. The zero-order chi connectivity index (χ0) is 9.84. The van der Waals surface area contributed by atoms with Crippen LogP contribution in [0.5, 0.6) is 5.75 Å². The summed E-state index contributed by atoms with van der Waals surface area (Å²) < 4.78 is 4.49. The van der Waals surface area contributed by atoms with Gasteiger partial charge in [0.2, 0.25) is 0 Å². The minimum absolute atomic E-state index is 0.102. The Hall–Kier alpha value is -0.870. The fraction of sp³-hybridized carbons (Fsp3) is 0.125. The lowest BCUT2D eigenvalue weighted by Crippen LogP contribution is -2.02. The number of ether oxygens (including phenoxy) is 1. The van der Waals surface area contributed by atoms with Gasteiger partial charge < -0.3 is 9.84 Å². The summed E-state index contributed by atoms with van der Waals surface area (Å²) in [6.07, 6.45) is 0. The molecule has 0 spiro atoms. The Bertz CT molecular complexity index is 327.